The number of nitrogens with two attached hydrogens (primary N) is 3. The molecule has 5 saturated heterocycles. The summed E-state index contributed by atoms with van der Waals surface area (Å²) < 4.78 is 180. The SMILES string of the molecule is CCOc1nc(N)nc2c1ncn2[C@@H]1O[C@@H]2COP(=O)(OC3CCC(OP4(=O)OC[C@H]5O[C@@H](n6cnc7c(OCC)nc(N)nc76)[C@](C)(F)[C@@H]5O4)CC3)O[C@H]2[C@@]1(C)F.CCOc1nc(N)nc2c1ncn2[C@@H]1O[C@H](CO)[C@@H](O)[C@@]1(C)F.O=P(Cl)(Cl)OC1CCC(OP(=O)(Cl)Cl)CC1. The zero-order valence-electron chi connectivity index (χ0n) is 52.4. The standard InChI is InChI=1S/C32H42F2N10O12P2.C13H18FN5O4.C6H10Cl4O4P2/c1-5-47-25-19-23(39-29(35)41-25)43(13-37-19)27-31(3,33)21-17(51-27)11-49-57(45,55-21)53-15-7-9-16(10-8-15)54-58(46)50-12-18-22(56-58)32(4,34)28(52-18)44-14-38-20-24(44)40-30(36)42-26(20)48-6-2;1-3-22-10-7-9(17-12(15)18-10)19(5-16-7)11-13(2,14)8(21)6(4-20)23-11;7-15(8,11)13-5-1-2-6(4-3-5)14-16(9,10)12/h13-18,21-22,27-28H,5-12H2,1-4H3,(H2,35,39,41)(H2,36,40,42);5-6,8,11,20-21H,3-4H2,1-2H3,(H2,15,17,18);5-6H,1-4H2/t15?,16?,17-,18-,21-,22-,27-,28-,31-,32-,57?,58?;6-,8-,11-,13-;/m11./s1. The summed E-state index contributed by atoms with van der Waals surface area (Å²) in [4.78, 5) is 37.3. The molecule has 2 saturated carbocycles. The van der Waals surface area contributed by atoms with Gasteiger partial charge in [0.2, 0.25) is 35.5 Å². The van der Waals surface area contributed by atoms with Crippen LogP contribution in [0.4, 0.5) is 31.0 Å². The number of imidazole rings is 3. The normalized spacial score (nSPS) is 35.2. The van der Waals surface area contributed by atoms with Crippen LogP contribution in [0.3, 0.4) is 0 Å². The van der Waals surface area contributed by atoms with Crippen LogP contribution in [0, 0.1) is 0 Å². The molecule has 0 aromatic carbocycles. The Bertz CT molecular complexity index is 3830. The van der Waals surface area contributed by atoms with E-state index in [1.165, 1.54) is 53.5 Å². The number of nitrogen functional groups attached to an aromatic ring is 3. The molecule has 0 amide bonds. The van der Waals surface area contributed by atoms with Crippen LogP contribution in [0.1, 0.15) is 112 Å². The molecule has 35 nitrogen and oxygen atoms in total. The number of nitrogens with zero attached hydrogens (tertiary/aromatic N) is 12. The summed E-state index contributed by atoms with van der Waals surface area (Å²) in [5, 5.41) is 19.2. The van der Waals surface area contributed by atoms with Crippen molar-refractivity contribution in [1.82, 2.24) is 58.6 Å². The summed E-state index contributed by atoms with van der Waals surface area (Å²) in [5.41, 5.74) is 12.2. The monoisotopic (exact) mass is 1530 g/mol. The van der Waals surface area contributed by atoms with E-state index < -0.39 is 119 Å². The first kappa shape index (κ1) is 74.0. The Kier molecular flexibility index (Phi) is 22.1. The first-order valence-electron chi connectivity index (χ1n) is 30.5. The van der Waals surface area contributed by atoms with E-state index in [-0.39, 0.29) is 128 Å². The Hall–Kier alpha value is -4.20. The number of anilines is 3. The fourth-order valence-electron chi connectivity index (χ4n) is 12.3. The second-order valence-corrected chi connectivity index (χ2v) is 35.3. The van der Waals surface area contributed by atoms with Crippen LogP contribution >= 0.6 is 72.8 Å². The third kappa shape index (κ3) is 15.9. The topological polar surface area (TPSA) is 447 Å². The average Bonchev–Trinajstić information content (AvgIpc) is 1.68. The second-order valence-electron chi connectivity index (χ2n) is 23.7. The summed E-state index contributed by atoms with van der Waals surface area (Å²) >= 11 is 21.2. The lowest BCUT2D eigenvalue weighted by atomic mass is 9.95. The fraction of sp³-hybridized carbons (Fsp3) is 0.706. The molecule has 0 spiro atoms. The van der Waals surface area contributed by atoms with Gasteiger partial charge in [-0.15, -0.1) is 0 Å². The number of phosphoric acid groups is 2. The largest absolute Gasteiger partial charge is 0.476 e. The van der Waals surface area contributed by atoms with Crippen LogP contribution in [-0.2, 0) is 68.7 Å². The van der Waals surface area contributed by atoms with Gasteiger partial charge in [0.1, 0.15) is 36.6 Å². The van der Waals surface area contributed by atoms with E-state index in [2.05, 4.69) is 44.9 Å². The van der Waals surface area contributed by atoms with Gasteiger partial charge in [0.25, 0.3) is 0 Å². The number of aromatic nitrogens is 12. The minimum atomic E-state index is -4.29. The predicted octanol–water partition coefficient (Wildman–Crippen LogP) is 9.56. The molecule has 97 heavy (non-hydrogen) atoms. The van der Waals surface area contributed by atoms with Crippen molar-refractivity contribution >= 4 is 124 Å². The van der Waals surface area contributed by atoms with Crippen molar-refractivity contribution < 1.29 is 106 Å². The lowest BCUT2D eigenvalue weighted by Gasteiger charge is -2.38. The highest BCUT2D eigenvalue weighted by atomic mass is 35.9. The molecule has 7 aliphatic rings. The first-order valence-corrected chi connectivity index (χ1v) is 40.2. The Morgan fingerprint density at radius 1 is 0.557 bits per heavy atom. The Morgan fingerprint density at radius 3 is 1.18 bits per heavy atom. The number of ether oxygens (including phenoxy) is 6. The smallest absolute Gasteiger partial charge is 0.475 e. The Morgan fingerprint density at radius 2 is 0.876 bits per heavy atom. The zero-order valence-corrected chi connectivity index (χ0v) is 59.0. The van der Waals surface area contributed by atoms with Gasteiger partial charge in [0.05, 0.1) is 83.0 Å². The van der Waals surface area contributed by atoms with Gasteiger partial charge in [-0.25, -0.2) is 37.3 Å². The highest BCUT2D eigenvalue weighted by Crippen LogP contribution is 2.65. The summed E-state index contributed by atoms with van der Waals surface area (Å²) in [7, 11) is -8.59. The lowest BCUT2D eigenvalue weighted by Crippen LogP contribution is -2.45. The molecule has 7 fully saturated rings. The molecule has 13 rings (SSSR count). The Balaban J connectivity index is 0.000000199. The number of phosphoric ester groups is 2. The van der Waals surface area contributed by atoms with Crippen LogP contribution in [0.15, 0.2) is 19.0 Å². The van der Waals surface area contributed by atoms with E-state index in [1.54, 1.807) is 20.8 Å². The summed E-state index contributed by atoms with van der Waals surface area (Å²) in [6.45, 7) is 8.87. The van der Waals surface area contributed by atoms with Crippen molar-refractivity contribution in [1.29, 1.82) is 0 Å². The quantitative estimate of drug-likeness (QED) is 0.0500. The second kappa shape index (κ2) is 28.9. The van der Waals surface area contributed by atoms with Gasteiger partial charge in [0, 0.05) is 0 Å². The maximum absolute atomic E-state index is 16.7. The summed E-state index contributed by atoms with van der Waals surface area (Å²) in [6, 6.07) is 0. The number of fused-ring (bicyclic) bond motifs is 5. The number of alkyl halides is 3. The van der Waals surface area contributed by atoms with Crippen molar-refractivity contribution in [2.75, 3.05) is 56.8 Å². The lowest BCUT2D eigenvalue weighted by molar-refractivity contribution is -0.0839. The number of hydrogen-bond donors (Lipinski definition) is 5. The van der Waals surface area contributed by atoms with Crippen molar-refractivity contribution in [2.24, 2.45) is 0 Å². The van der Waals surface area contributed by atoms with Gasteiger partial charge in [0.15, 0.2) is 69.2 Å². The molecule has 538 valence electrons. The first-order chi connectivity index (χ1) is 45.7. The minimum Gasteiger partial charge on any atom is -0.476 e. The third-order valence-electron chi connectivity index (χ3n) is 16.7. The molecule has 46 heteroatoms. The van der Waals surface area contributed by atoms with Gasteiger partial charge in [-0.1, -0.05) is 0 Å². The summed E-state index contributed by atoms with van der Waals surface area (Å²) in [5.74, 6) is 0.192. The van der Waals surface area contributed by atoms with Crippen LogP contribution in [0.5, 0.6) is 17.6 Å². The molecule has 0 radical (unpaired) electrons. The van der Waals surface area contributed by atoms with Crippen molar-refractivity contribution in [3.05, 3.63) is 19.0 Å². The van der Waals surface area contributed by atoms with E-state index in [4.69, 9.17) is 127 Å². The van der Waals surface area contributed by atoms with Gasteiger partial charge in [-0.3, -0.25) is 50.0 Å². The fourth-order valence-corrected chi connectivity index (χ4v) is 18.2. The molecule has 11 heterocycles. The Labute approximate surface area is 569 Å². The van der Waals surface area contributed by atoms with Gasteiger partial charge >= 0.3 is 27.8 Å². The summed E-state index contributed by atoms with van der Waals surface area (Å²) in [6.07, 6.45) is -12.5. The number of halogens is 7. The van der Waals surface area contributed by atoms with Gasteiger partial charge < -0.3 is 64.9 Å². The molecule has 14 atom stereocenters. The van der Waals surface area contributed by atoms with E-state index in [0.717, 1.165) is 0 Å². The van der Waals surface area contributed by atoms with Gasteiger partial charge in [-0.2, -0.15) is 29.9 Å². The molecule has 2 unspecified atom stereocenters. The molecule has 6 aromatic rings. The molecule has 0 bridgehead atoms. The minimum absolute atomic E-state index is 0.0551. The molecule has 8 N–H and O–H groups in total. The van der Waals surface area contributed by atoms with E-state index in [0.29, 0.717) is 37.8 Å². The maximum Gasteiger partial charge on any atom is 0.475 e. The number of aliphatic hydroxyl groups excluding tert-OH is 2. The van der Waals surface area contributed by atoms with E-state index in [9.17, 15) is 32.9 Å². The number of hydrogen-bond acceptors (Lipinski definition) is 32. The number of rotatable bonds is 18. The van der Waals surface area contributed by atoms with Crippen LogP contribution in [0.25, 0.3) is 33.5 Å². The average molecular weight is 1540 g/mol. The van der Waals surface area contributed by atoms with Gasteiger partial charge in [-0.05, 0) is 138 Å². The predicted molar refractivity (Wildman–Crippen MR) is 338 cm³/mol. The van der Waals surface area contributed by atoms with Crippen LogP contribution in [0.2, 0.25) is 0 Å². The molecule has 5 aliphatic heterocycles. The molecule has 6 aromatic heterocycles. The molecular weight excluding hydrogens is 1470 g/mol. The number of aliphatic hydroxyl groups is 2. The highest BCUT2D eigenvalue weighted by Gasteiger charge is 2.64. The van der Waals surface area contributed by atoms with Crippen molar-refractivity contribution in [3.63, 3.8) is 0 Å². The molecule has 2 aliphatic carbocycles. The van der Waals surface area contributed by atoms with Crippen molar-refractivity contribution in [2.45, 2.75) is 190 Å². The van der Waals surface area contributed by atoms with E-state index in [1.807, 2.05) is 0 Å². The third-order valence-corrected chi connectivity index (χ3v) is 21.8. The highest BCUT2D eigenvalue weighted by molar-refractivity contribution is 8.05. The molecular formula is C51H70Cl4F3N15O20P4. The van der Waals surface area contributed by atoms with Crippen molar-refractivity contribution in [3.8, 4) is 17.6 Å². The van der Waals surface area contributed by atoms with Crippen LogP contribution < -0.4 is 31.4 Å². The van der Waals surface area contributed by atoms with E-state index >= 15 is 8.78 Å². The maximum atomic E-state index is 16.7. The zero-order chi connectivity index (χ0) is 70.0. The van der Waals surface area contributed by atoms with Crippen LogP contribution in [-0.4, -0.2) is 186 Å².